The maximum atomic E-state index is 12.9. The maximum absolute atomic E-state index is 12.9. The Morgan fingerprint density at radius 1 is 0.912 bits per heavy atom. The Bertz CT molecular complexity index is 1090. The van der Waals surface area contributed by atoms with Crippen molar-refractivity contribution in [2.24, 2.45) is 0 Å². The monoisotopic (exact) mass is 463 g/mol. The quantitative estimate of drug-likeness (QED) is 0.545. The lowest BCUT2D eigenvalue weighted by Crippen LogP contribution is -2.46. The van der Waals surface area contributed by atoms with E-state index in [0.29, 0.717) is 28.6 Å². The molecule has 0 saturated carbocycles. The second kappa shape index (κ2) is 10.8. The van der Waals surface area contributed by atoms with Gasteiger partial charge in [0, 0.05) is 44.4 Å². The van der Waals surface area contributed by atoms with Crippen LogP contribution in [0.4, 0.5) is 11.6 Å². The molecule has 2 heterocycles. The second-order valence-electron chi connectivity index (χ2n) is 7.88. The van der Waals surface area contributed by atoms with Gasteiger partial charge >= 0.3 is 0 Å². The highest BCUT2D eigenvalue weighted by atomic mass is 16.5. The third kappa shape index (κ3) is 5.37. The van der Waals surface area contributed by atoms with E-state index in [-0.39, 0.29) is 5.91 Å². The third-order valence-electron chi connectivity index (χ3n) is 5.77. The smallest absolute Gasteiger partial charge is 0.257 e. The van der Waals surface area contributed by atoms with Crippen molar-refractivity contribution < 1.29 is 19.0 Å². The van der Waals surface area contributed by atoms with Crippen LogP contribution in [0.1, 0.15) is 15.9 Å². The summed E-state index contributed by atoms with van der Waals surface area (Å²) in [5, 5.41) is 2.84. The summed E-state index contributed by atoms with van der Waals surface area (Å²) in [5.41, 5.74) is 1.68. The van der Waals surface area contributed by atoms with E-state index in [4.69, 9.17) is 14.2 Å². The van der Waals surface area contributed by atoms with E-state index in [1.165, 1.54) is 33.2 Å². The van der Waals surface area contributed by atoms with E-state index in [9.17, 15) is 4.79 Å². The van der Waals surface area contributed by atoms with E-state index in [1.807, 2.05) is 6.07 Å². The van der Waals surface area contributed by atoms with Gasteiger partial charge in [-0.25, -0.2) is 9.97 Å². The summed E-state index contributed by atoms with van der Waals surface area (Å²) in [6, 6.07) is 15.5. The summed E-state index contributed by atoms with van der Waals surface area (Å²) in [4.78, 5) is 26.2. The number of nitrogens with one attached hydrogen (secondary N) is 1. The molecule has 1 N–H and O–H groups in total. The molecule has 1 aromatic heterocycles. The van der Waals surface area contributed by atoms with Gasteiger partial charge in [0.15, 0.2) is 11.5 Å². The highest BCUT2D eigenvalue weighted by Gasteiger charge is 2.20. The molecule has 1 saturated heterocycles. The minimum absolute atomic E-state index is 0.336. The second-order valence-corrected chi connectivity index (χ2v) is 7.88. The minimum Gasteiger partial charge on any atom is -0.493 e. The molecule has 0 aliphatic carbocycles. The van der Waals surface area contributed by atoms with Gasteiger partial charge in [-0.2, -0.15) is 0 Å². The predicted molar refractivity (Wildman–Crippen MR) is 130 cm³/mol. The van der Waals surface area contributed by atoms with Crippen molar-refractivity contribution in [3.8, 4) is 17.2 Å². The van der Waals surface area contributed by atoms with Gasteiger partial charge in [-0.1, -0.05) is 30.3 Å². The summed E-state index contributed by atoms with van der Waals surface area (Å²) in [6.07, 6.45) is 1.47. The van der Waals surface area contributed by atoms with Crippen molar-refractivity contribution in [1.82, 2.24) is 14.9 Å². The Morgan fingerprint density at radius 2 is 1.59 bits per heavy atom. The average Bonchev–Trinajstić information content (AvgIpc) is 2.89. The molecular formula is C25H29N5O4. The van der Waals surface area contributed by atoms with Gasteiger partial charge in [0.05, 0.1) is 21.3 Å². The fraction of sp³-hybridized carbons (Fsp3) is 0.320. The molecule has 0 unspecified atom stereocenters. The molecule has 0 radical (unpaired) electrons. The first kappa shape index (κ1) is 23.3. The molecule has 34 heavy (non-hydrogen) atoms. The summed E-state index contributed by atoms with van der Waals surface area (Å²) in [5.74, 6) is 2.12. The van der Waals surface area contributed by atoms with Gasteiger partial charge in [0.1, 0.15) is 18.0 Å². The number of carbonyl (C=O) groups is 1. The van der Waals surface area contributed by atoms with E-state index in [2.05, 4.69) is 49.4 Å². The molecule has 2 aromatic carbocycles. The van der Waals surface area contributed by atoms with Crippen molar-refractivity contribution in [3.05, 3.63) is 66.0 Å². The standard InChI is InChI=1S/C25H29N5O4/c1-32-20-13-19(14-21(33-2)24(20)34-3)25(31)28-22-15-23(27-17-26-22)30-11-9-29(10-12-30)16-18-7-5-4-6-8-18/h4-8,13-15,17H,9-12,16H2,1-3H3,(H,26,27,28,31). The molecule has 3 aromatic rings. The van der Waals surface area contributed by atoms with E-state index < -0.39 is 0 Å². The van der Waals surface area contributed by atoms with E-state index in [0.717, 1.165) is 38.5 Å². The number of anilines is 2. The van der Waals surface area contributed by atoms with Gasteiger partial charge < -0.3 is 24.4 Å². The number of nitrogens with zero attached hydrogens (tertiary/aromatic N) is 4. The van der Waals surface area contributed by atoms with Crippen LogP contribution in [0.25, 0.3) is 0 Å². The van der Waals surface area contributed by atoms with Crippen LogP contribution in [0, 0.1) is 0 Å². The van der Waals surface area contributed by atoms with Gasteiger partial charge in [-0.3, -0.25) is 9.69 Å². The fourth-order valence-corrected chi connectivity index (χ4v) is 3.97. The van der Waals surface area contributed by atoms with E-state index >= 15 is 0 Å². The number of hydrogen-bond acceptors (Lipinski definition) is 8. The third-order valence-corrected chi connectivity index (χ3v) is 5.77. The number of carbonyl (C=O) groups excluding carboxylic acids is 1. The molecule has 4 rings (SSSR count). The van der Waals surface area contributed by atoms with Crippen molar-refractivity contribution in [2.45, 2.75) is 6.54 Å². The molecule has 0 bridgehead atoms. The Kier molecular flexibility index (Phi) is 7.44. The first-order valence-corrected chi connectivity index (χ1v) is 11.1. The molecular weight excluding hydrogens is 434 g/mol. The molecule has 1 aliphatic heterocycles. The lowest BCUT2D eigenvalue weighted by molar-refractivity contribution is 0.102. The zero-order chi connectivity index (χ0) is 23.9. The molecule has 1 fully saturated rings. The van der Waals surface area contributed by atoms with Crippen LogP contribution < -0.4 is 24.4 Å². The van der Waals surface area contributed by atoms with Crippen molar-refractivity contribution in [1.29, 1.82) is 0 Å². The number of amides is 1. The fourth-order valence-electron chi connectivity index (χ4n) is 3.97. The van der Waals surface area contributed by atoms with Gasteiger partial charge in [-0.05, 0) is 17.7 Å². The summed E-state index contributed by atoms with van der Waals surface area (Å²) in [6.45, 7) is 4.51. The summed E-state index contributed by atoms with van der Waals surface area (Å²) < 4.78 is 16.0. The van der Waals surface area contributed by atoms with Gasteiger partial charge in [-0.15, -0.1) is 0 Å². The van der Waals surface area contributed by atoms with Crippen molar-refractivity contribution in [3.63, 3.8) is 0 Å². The van der Waals surface area contributed by atoms with Crippen LogP contribution in [0.5, 0.6) is 17.2 Å². The molecule has 0 spiro atoms. The highest BCUT2D eigenvalue weighted by Crippen LogP contribution is 2.38. The number of rotatable bonds is 8. The van der Waals surface area contributed by atoms with Crippen molar-refractivity contribution in [2.75, 3.05) is 57.7 Å². The first-order chi connectivity index (χ1) is 16.6. The van der Waals surface area contributed by atoms with E-state index in [1.54, 1.807) is 18.2 Å². The molecule has 1 amide bonds. The van der Waals surface area contributed by atoms with Gasteiger partial charge in [0.2, 0.25) is 5.75 Å². The molecule has 178 valence electrons. The summed E-state index contributed by atoms with van der Waals surface area (Å²) >= 11 is 0. The maximum Gasteiger partial charge on any atom is 0.257 e. The topological polar surface area (TPSA) is 89.1 Å². The van der Waals surface area contributed by atoms with Crippen molar-refractivity contribution >= 4 is 17.5 Å². The number of ether oxygens (including phenoxy) is 3. The first-order valence-electron chi connectivity index (χ1n) is 11.1. The largest absolute Gasteiger partial charge is 0.493 e. The Balaban J connectivity index is 1.41. The highest BCUT2D eigenvalue weighted by molar-refractivity contribution is 6.04. The molecule has 0 atom stereocenters. The number of aromatic nitrogens is 2. The summed E-state index contributed by atoms with van der Waals surface area (Å²) in [7, 11) is 4.54. The van der Waals surface area contributed by atoms with Crippen LogP contribution in [0.2, 0.25) is 0 Å². The minimum atomic E-state index is -0.336. The molecule has 9 nitrogen and oxygen atoms in total. The lowest BCUT2D eigenvalue weighted by atomic mass is 10.1. The number of methoxy groups -OCH3 is 3. The number of benzene rings is 2. The number of hydrogen-bond donors (Lipinski definition) is 1. The number of piperazine rings is 1. The predicted octanol–water partition coefficient (Wildman–Crippen LogP) is 3.08. The van der Waals surface area contributed by atoms with Crippen LogP contribution in [0.3, 0.4) is 0 Å². The Morgan fingerprint density at radius 3 is 2.21 bits per heavy atom. The van der Waals surface area contributed by atoms with Crippen LogP contribution >= 0.6 is 0 Å². The van der Waals surface area contributed by atoms with Crippen LogP contribution in [-0.4, -0.2) is 68.3 Å². The zero-order valence-corrected chi connectivity index (χ0v) is 19.7. The Labute approximate surface area is 199 Å². The molecule has 1 aliphatic rings. The van der Waals surface area contributed by atoms with Crippen LogP contribution in [-0.2, 0) is 6.54 Å². The lowest BCUT2D eigenvalue weighted by Gasteiger charge is -2.35. The zero-order valence-electron chi connectivity index (χ0n) is 19.7. The Hall–Kier alpha value is -3.85. The van der Waals surface area contributed by atoms with Crippen LogP contribution in [0.15, 0.2) is 54.9 Å². The average molecular weight is 464 g/mol. The molecule has 9 heteroatoms. The SMILES string of the molecule is COc1cc(C(=O)Nc2cc(N3CCN(Cc4ccccc4)CC3)ncn2)cc(OC)c1OC. The normalized spacial score (nSPS) is 13.9. The van der Waals surface area contributed by atoms with Gasteiger partial charge in [0.25, 0.3) is 5.91 Å².